The Morgan fingerprint density at radius 1 is 1.20 bits per heavy atom. The van der Waals surface area contributed by atoms with Crippen LogP contribution in [-0.4, -0.2) is 50.7 Å². The van der Waals surface area contributed by atoms with Crippen molar-refractivity contribution in [1.82, 2.24) is 9.88 Å². The molecule has 1 fully saturated rings. The van der Waals surface area contributed by atoms with Crippen molar-refractivity contribution in [2.75, 3.05) is 31.3 Å². The summed E-state index contributed by atoms with van der Waals surface area (Å²) in [5.74, 6) is 1.04. The van der Waals surface area contributed by atoms with E-state index in [9.17, 15) is 8.42 Å². The summed E-state index contributed by atoms with van der Waals surface area (Å²) in [5, 5.41) is 0. The molecule has 1 aromatic carbocycles. The molecule has 1 aliphatic heterocycles. The van der Waals surface area contributed by atoms with Crippen LogP contribution >= 0.6 is 0 Å². The first-order chi connectivity index (χ1) is 11.9. The van der Waals surface area contributed by atoms with E-state index in [1.54, 1.807) is 12.1 Å². The Morgan fingerprint density at radius 3 is 2.60 bits per heavy atom. The summed E-state index contributed by atoms with van der Waals surface area (Å²) in [4.78, 5) is 9.53. The Hall–Kier alpha value is -1.92. The first-order valence-corrected chi connectivity index (χ1v) is 10.5. The quantitative estimate of drug-likeness (QED) is 0.821. The Morgan fingerprint density at radius 2 is 1.96 bits per heavy atom. The van der Waals surface area contributed by atoms with Crippen molar-refractivity contribution in [3.05, 3.63) is 54.2 Å². The predicted octanol–water partition coefficient (Wildman–Crippen LogP) is 2.59. The third-order valence-electron chi connectivity index (χ3n) is 4.78. The first-order valence-electron chi connectivity index (χ1n) is 8.59. The smallest absolute Gasteiger partial charge is 0.175 e. The lowest BCUT2D eigenvalue weighted by atomic mass is 10.0. The van der Waals surface area contributed by atoms with Gasteiger partial charge >= 0.3 is 0 Å². The Kier molecular flexibility index (Phi) is 5.39. The van der Waals surface area contributed by atoms with Crippen molar-refractivity contribution in [3.8, 4) is 0 Å². The van der Waals surface area contributed by atoms with E-state index in [1.165, 1.54) is 12.7 Å². The van der Waals surface area contributed by atoms with Gasteiger partial charge in [-0.25, -0.2) is 13.4 Å². The minimum atomic E-state index is -3.13. The molecular formula is C19H25N3O2S. The molecule has 134 valence electrons. The van der Waals surface area contributed by atoms with Crippen LogP contribution < -0.4 is 4.90 Å². The molecule has 1 aromatic heterocycles. The van der Waals surface area contributed by atoms with Crippen molar-refractivity contribution < 1.29 is 8.42 Å². The fourth-order valence-electron chi connectivity index (χ4n) is 3.32. The third-order valence-corrected chi connectivity index (χ3v) is 5.91. The SMILES string of the molecule is CN(Cc1ccc(S(C)(=O)=O)cc1)[C@H]1CCCN(c2ccccn2)C1. The molecule has 0 N–H and O–H groups in total. The second-order valence-electron chi connectivity index (χ2n) is 6.76. The van der Waals surface area contributed by atoms with E-state index in [0.717, 1.165) is 37.4 Å². The van der Waals surface area contributed by atoms with E-state index < -0.39 is 9.84 Å². The van der Waals surface area contributed by atoms with Gasteiger partial charge in [0.15, 0.2) is 9.84 Å². The molecule has 1 saturated heterocycles. The second kappa shape index (κ2) is 7.54. The summed E-state index contributed by atoms with van der Waals surface area (Å²) in [6.07, 6.45) is 5.40. The van der Waals surface area contributed by atoms with E-state index >= 15 is 0 Å². The van der Waals surface area contributed by atoms with Crippen molar-refractivity contribution in [3.63, 3.8) is 0 Å². The van der Waals surface area contributed by atoms with Crippen LogP contribution in [0.3, 0.4) is 0 Å². The molecule has 0 unspecified atom stereocenters. The molecule has 0 saturated carbocycles. The molecule has 3 rings (SSSR count). The van der Waals surface area contributed by atoms with E-state index in [2.05, 4.69) is 27.9 Å². The lowest BCUT2D eigenvalue weighted by Gasteiger charge is -2.38. The summed E-state index contributed by atoms with van der Waals surface area (Å²) in [5.41, 5.74) is 1.13. The number of hydrogen-bond acceptors (Lipinski definition) is 5. The number of pyridine rings is 1. The maximum atomic E-state index is 11.6. The summed E-state index contributed by atoms with van der Waals surface area (Å²) >= 11 is 0. The minimum absolute atomic E-state index is 0.373. The highest BCUT2D eigenvalue weighted by Gasteiger charge is 2.24. The summed E-state index contributed by atoms with van der Waals surface area (Å²) in [6.45, 7) is 2.82. The zero-order chi connectivity index (χ0) is 17.9. The largest absolute Gasteiger partial charge is 0.355 e. The lowest BCUT2D eigenvalue weighted by Crippen LogP contribution is -2.46. The molecule has 0 amide bonds. The van der Waals surface area contributed by atoms with E-state index in [-0.39, 0.29) is 0 Å². The number of benzene rings is 1. The van der Waals surface area contributed by atoms with Gasteiger partial charge in [-0.3, -0.25) is 4.90 Å². The Balaban J connectivity index is 1.63. The average molecular weight is 359 g/mol. The van der Waals surface area contributed by atoms with E-state index in [1.807, 2.05) is 30.5 Å². The molecule has 0 bridgehead atoms. The maximum Gasteiger partial charge on any atom is 0.175 e. The summed E-state index contributed by atoms with van der Waals surface area (Å²) in [7, 11) is -0.998. The van der Waals surface area contributed by atoms with Crippen LogP contribution in [0.4, 0.5) is 5.82 Å². The highest BCUT2D eigenvalue weighted by atomic mass is 32.2. The lowest BCUT2D eigenvalue weighted by molar-refractivity contribution is 0.207. The molecule has 2 heterocycles. The zero-order valence-electron chi connectivity index (χ0n) is 14.8. The number of sulfone groups is 1. The predicted molar refractivity (Wildman–Crippen MR) is 100 cm³/mol. The van der Waals surface area contributed by atoms with Crippen LogP contribution in [0.1, 0.15) is 18.4 Å². The zero-order valence-corrected chi connectivity index (χ0v) is 15.6. The average Bonchev–Trinajstić information content (AvgIpc) is 2.62. The van der Waals surface area contributed by atoms with Crippen LogP contribution in [0, 0.1) is 0 Å². The summed E-state index contributed by atoms with van der Waals surface area (Å²) in [6, 6.07) is 13.7. The highest BCUT2D eigenvalue weighted by Crippen LogP contribution is 2.21. The standard InChI is InChI=1S/C19H25N3O2S/c1-21(14-16-8-10-18(11-9-16)25(2,23)24)17-6-5-13-22(15-17)19-7-3-4-12-20-19/h3-4,7-12,17H,5-6,13-15H2,1-2H3/t17-/m0/s1. The molecule has 0 spiro atoms. The maximum absolute atomic E-state index is 11.6. The topological polar surface area (TPSA) is 53.5 Å². The van der Waals surface area contributed by atoms with Gasteiger partial charge in [-0.1, -0.05) is 18.2 Å². The number of aromatic nitrogens is 1. The molecule has 6 heteroatoms. The van der Waals surface area contributed by atoms with Gasteiger partial charge < -0.3 is 4.90 Å². The monoisotopic (exact) mass is 359 g/mol. The third kappa shape index (κ3) is 4.58. The molecule has 25 heavy (non-hydrogen) atoms. The Bertz CT molecular complexity index is 791. The summed E-state index contributed by atoms with van der Waals surface area (Å²) < 4.78 is 23.1. The van der Waals surface area contributed by atoms with Crippen molar-refractivity contribution in [1.29, 1.82) is 0 Å². The molecule has 1 atom stereocenters. The van der Waals surface area contributed by atoms with Crippen LogP contribution in [0.5, 0.6) is 0 Å². The van der Waals surface area contributed by atoms with E-state index in [0.29, 0.717) is 10.9 Å². The molecule has 1 aliphatic rings. The fourth-order valence-corrected chi connectivity index (χ4v) is 3.95. The van der Waals surface area contributed by atoms with Crippen molar-refractivity contribution in [2.45, 2.75) is 30.3 Å². The number of rotatable bonds is 5. The fraction of sp³-hybridized carbons (Fsp3) is 0.421. The van der Waals surface area contributed by atoms with Crippen LogP contribution in [0.15, 0.2) is 53.6 Å². The minimum Gasteiger partial charge on any atom is -0.355 e. The van der Waals surface area contributed by atoms with Gasteiger partial charge in [-0.05, 0) is 49.7 Å². The van der Waals surface area contributed by atoms with E-state index in [4.69, 9.17) is 0 Å². The molecule has 0 radical (unpaired) electrons. The highest BCUT2D eigenvalue weighted by molar-refractivity contribution is 7.90. The molecular weight excluding hydrogens is 334 g/mol. The van der Waals surface area contributed by atoms with Gasteiger partial charge in [0.25, 0.3) is 0 Å². The van der Waals surface area contributed by atoms with Crippen LogP contribution in [0.25, 0.3) is 0 Å². The number of piperidine rings is 1. The number of anilines is 1. The Labute approximate surface area is 150 Å². The second-order valence-corrected chi connectivity index (χ2v) is 8.78. The molecule has 2 aromatic rings. The number of likely N-dealkylation sites (N-methyl/N-ethyl adjacent to an activating group) is 1. The first kappa shape index (κ1) is 17.9. The van der Waals surface area contributed by atoms with Crippen LogP contribution in [-0.2, 0) is 16.4 Å². The van der Waals surface area contributed by atoms with Gasteiger partial charge in [0, 0.05) is 38.1 Å². The van der Waals surface area contributed by atoms with Gasteiger partial charge in [-0.2, -0.15) is 0 Å². The molecule has 0 aliphatic carbocycles. The van der Waals surface area contributed by atoms with Gasteiger partial charge in [0.2, 0.25) is 0 Å². The number of hydrogen-bond donors (Lipinski definition) is 0. The number of nitrogens with zero attached hydrogens (tertiary/aromatic N) is 3. The van der Waals surface area contributed by atoms with Gasteiger partial charge in [0.1, 0.15) is 5.82 Å². The van der Waals surface area contributed by atoms with Crippen LogP contribution in [0.2, 0.25) is 0 Å². The van der Waals surface area contributed by atoms with Gasteiger partial charge in [-0.15, -0.1) is 0 Å². The molecule has 5 nitrogen and oxygen atoms in total. The normalized spacial score (nSPS) is 18.5. The van der Waals surface area contributed by atoms with Crippen molar-refractivity contribution >= 4 is 15.7 Å². The van der Waals surface area contributed by atoms with Crippen molar-refractivity contribution in [2.24, 2.45) is 0 Å². The van der Waals surface area contributed by atoms with Gasteiger partial charge in [0.05, 0.1) is 4.90 Å².